The lowest BCUT2D eigenvalue weighted by Crippen LogP contribution is -2.10. The van der Waals surface area contributed by atoms with Crippen LogP contribution in [0.5, 0.6) is 0 Å². The zero-order valence-corrected chi connectivity index (χ0v) is 7.82. The van der Waals surface area contributed by atoms with Gasteiger partial charge in [0.15, 0.2) is 5.82 Å². The quantitative estimate of drug-likeness (QED) is 0.749. The maximum absolute atomic E-state index is 13.2. The second-order valence-electron chi connectivity index (χ2n) is 2.90. The number of benzene rings is 1. The molecule has 0 amide bonds. The summed E-state index contributed by atoms with van der Waals surface area (Å²) in [5.74, 6) is -0.382. The predicted octanol–water partition coefficient (Wildman–Crippen LogP) is 3.30. The highest BCUT2D eigenvalue weighted by Gasteiger charge is 2.05. The summed E-state index contributed by atoms with van der Waals surface area (Å²) in [6, 6.07) is 5.12. The number of halogens is 2. The van der Waals surface area contributed by atoms with E-state index in [2.05, 4.69) is 5.32 Å². The molecule has 0 radical (unpaired) electrons. The lowest BCUT2D eigenvalue weighted by molar-refractivity contribution is 0.628. The van der Waals surface area contributed by atoms with Gasteiger partial charge >= 0.3 is 0 Å². The van der Waals surface area contributed by atoms with Crippen LogP contribution in [0, 0.1) is 5.82 Å². The van der Waals surface area contributed by atoms with Crippen molar-refractivity contribution in [2.75, 3.05) is 5.32 Å². The van der Waals surface area contributed by atoms with E-state index in [0.717, 1.165) is 0 Å². The van der Waals surface area contributed by atoms with Gasteiger partial charge in [-0.15, -0.1) is 0 Å². The van der Waals surface area contributed by atoms with Gasteiger partial charge in [-0.1, -0.05) is 17.7 Å². The molecule has 0 heterocycles. The molecule has 1 aromatic rings. The van der Waals surface area contributed by atoms with E-state index in [4.69, 9.17) is 11.6 Å². The molecule has 0 aliphatic carbocycles. The minimum atomic E-state index is -0.382. The summed E-state index contributed by atoms with van der Waals surface area (Å²) in [5.41, 5.74) is 0.456. The van der Waals surface area contributed by atoms with Crippen molar-refractivity contribution in [3.8, 4) is 0 Å². The lowest BCUT2D eigenvalue weighted by atomic mass is 10.2. The number of anilines is 1. The van der Waals surface area contributed by atoms with Gasteiger partial charge < -0.3 is 5.32 Å². The summed E-state index contributed by atoms with van der Waals surface area (Å²) < 4.78 is 13.2. The van der Waals surface area contributed by atoms with Crippen molar-refractivity contribution < 1.29 is 4.39 Å². The van der Waals surface area contributed by atoms with Gasteiger partial charge in [-0.3, -0.25) is 0 Å². The Morgan fingerprint density at radius 3 is 2.67 bits per heavy atom. The van der Waals surface area contributed by atoms with Crippen LogP contribution in [0.3, 0.4) is 0 Å². The molecule has 1 aromatic carbocycles. The van der Waals surface area contributed by atoms with Crippen LogP contribution in [0.4, 0.5) is 10.1 Å². The molecule has 0 saturated carbocycles. The van der Waals surface area contributed by atoms with E-state index in [9.17, 15) is 4.39 Å². The zero-order valence-electron chi connectivity index (χ0n) is 7.07. The lowest BCUT2D eigenvalue weighted by Gasteiger charge is -2.10. The van der Waals surface area contributed by atoms with Crippen molar-refractivity contribution in [1.82, 2.24) is 0 Å². The van der Waals surface area contributed by atoms with Crippen molar-refractivity contribution in [1.29, 1.82) is 0 Å². The van der Waals surface area contributed by atoms with Gasteiger partial charge in [-0.05, 0) is 26.0 Å². The molecular weight excluding hydrogens is 177 g/mol. The first kappa shape index (κ1) is 9.33. The highest BCUT2D eigenvalue weighted by Crippen LogP contribution is 2.22. The first-order chi connectivity index (χ1) is 5.61. The summed E-state index contributed by atoms with van der Waals surface area (Å²) in [6.45, 7) is 3.89. The van der Waals surface area contributed by atoms with Crippen LogP contribution < -0.4 is 5.32 Å². The Balaban J connectivity index is 2.92. The molecule has 66 valence electrons. The molecule has 0 spiro atoms. The Hall–Kier alpha value is -0.760. The van der Waals surface area contributed by atoms with E-state index < -0.39 is 0 Å². The molecule has 0 atom stereocenters. The third-order valence-corrected chi connectivity index (χ3v) is 1.69. The molecule has 1 N–H and O–H groups in total. The van der Waals surface area contributed by atoms with Crippen LogP contribution in [0.1, 0.15) is 13.8 Å². The molecule has 3 heteroatoms. The van der Waals surface area contributed by atoms with Gasteiger partial charge in [-0.2, -0.15) is 0 Å². The highest BCUT2D eigenvalue weighted by atomic mass is 35.5. The standard InChI is InChI=1S/C9H11ClFN/c1-6(2)12-8-5-3-4-7(10)9(8)11/h3-6,12H,1-2H3. The number of hydrogen-bond donors (Lipinski definition) is 1. The van der Waals surface area contributed by atoms with Crippen LogP contribution in [-0.2, 0) is 0 Å². The fourth-order valence-electron chi connectivity index (χ4n) is 0.926. The van der Waals surface area contributed by atoms with Crippen LogP contribution in [0.15, 0.2) is 18.2 Å². The van der Waals surface area contributed by atoms with Gasteiger partial charge in [0, 0.05) is 6.04 Å². The topological polar surface area (TPSA) is 12.0 Å². The summed E-state index contributed by atoms with van der Waals surface area (Å²) in [7, 11) is 0. The highest BCUT2D eigenvalue weighted by molar-refractivity contribution is 6.31. The van der Waals surface area contributed by atoms with Crippen LogP contribution in [0.25, 0.3) is 0 Å². The molecule has 0 bridgehead atoms. The normalized spacial score (nSPS) is 10.4. The number of rotatable bonds is 2. The van der Waals surface area contributed by atoms with Crippen molar-refractivity contribution in [3.05, 3.63) is 29.0 Å². The molecule has 0 aromatic heterocycles. The zero-order chi connectivity index (χ0) is 9.14. The molecule has 0 saturated heterocycles. The fraction of sp³-hybridized carbons (Fsp3) is 0.333. The SMILES string of the molecule is CC(C)Nc1cccc(Cl)c1F. The van der Waals surface area contributed by atoms with E-state index in [0.29, 0.717) is 5.69 Å². The summed E-state index contributed by atoms with van der Waals surface area (Å²) in [4.78, 5) is 0. The van der Waals surface area contributed by atoms with E-state index in [-0.39, 0.29) is 16.9 Å². The molecule has 0 unspecified atom stereocenters. The van der Waals surface area contributed by atoms with Crippen LogP contribution in [0.2, 0.25) is 5.02 Å². The van der Waals surface area contributed by atoms with Gasteiger partial charge in [0.05, 0.1) is 10.7 Å². The number of nitrogens with one attached hydrogen (secondary N) is 1. The predicted molar refractivity (Wildman–Crippen MR) is 50.2 cm³/mol. The molecule has 0 fully saturated rings. The Bertz CT molecular complexity index is 273. The third kappa shape index (κ3) is 2.11. The second kappa shape index (κ2) is 3.76. The van der Waals surface area contributed by atoms with Gasteiger partial charge in [0.25, 0.3) is 0 Å². The molecule has 1 nitrogen and oxygen atoms in total. The minimum Gasteiger partial charge on any atom is -0.380 e. The molecule has 0 aliphatic heterocycles. The Labute approximate surface area is 76.5 Å². The molecule has 12 heavy (non-hydrogen) atoms. The summed E-state index contributed by atoms with van der Waals surface area (Å²) >= 11 is 5.58. The van der Waals surface area contributed by atoms with E-state index >= 15 is 0 Å². The Morgan fingerprint density at radius 2 is 2.08 bits per heavy atom. The average molecular weight is 188 g/mol. The second-order valence-corrected chi connectivity index (χ2v) is 3.31. The largest absolute Gasteiger partial charge is 0.380 e. The number of hydrogen-bond acceptors (Lipinski definition) is 1. The van der Waals surface area contributed by atoms with Crippen LogP contribution >= 0.6 is 11.6 Å². The maximum Gasteiger partial charge on any atom is 0.164 e. The average Bonchev–Trinajstić information content (AvgIpc) is 1.98. The van der Waals surface area contributed by atoms with Gasteiger partial charge in [0.1, 0.15) is 0 Å². The van der Waals surface area contributed by atoms with E-state index in [1.54, 1.807) is 12.1 Å². The van der Waals surface area contributed by atoms with Crippen molar-refractivity contribution in [3.63, 3.8) is 0 Å². The van der Waals surface area contributed by atoms with Crippen molar-refractivity contribution >= 4 is 17.3 Å². The summed E-state index contributed by atoms with van der Waals surface area (Å²) in [6.07, 6.45) is 0. The summed E-state index contributed by atoms with van der Waals surface area (Å²) in [5, 5.41) is 3.11. The maximum atomic E-state index is 13.2. The molecular formula is C9H11ClFN. The third-order valence-electron chi connectivity index (χ3n) is 1.40. The fourth-order valence-corrected chi connectivity index (χ4v) is 1.10. The monoisotopic (exact) mass is 187 g/mol. The minimum absolute atomic E-state index is 0.153. The Morgan fingerprint density at radius 1 is 1.42 bits per heavy atom. The van der Waals surface area contributed by atoms with Gasteiger partial charge in [-0.25, -0.2) is 4.39 Å². The Kier molecular flexibility index (Phi) is 2.93. The van der Waals surface area contributed by atoms with E-state index in [1.165, 1.54) is 6.07 Å². The van der Waals surface area contributed by atoms with Crippen LogP contribution in [-0.4, -0.2) is 6.04 Å². The van der Waals surface area contributed by atoms with E-state index in [1.807, 2.05) is 13.8 Å². The molecule has 0 aliphatic rings. The first-order valence-corrected chi connectivity index (χ1v) is 4.19. The van der Waals surface area contributed by atoms with Crippen molar-refractivity contribution in [2.45, 2.75) is 19.9 Å². The molecule has 1 rings (SSSR count). The smallest absolute Gasteiger partial charge is 0.164 e. The van der Waals surface area contributed by atoms with Crippen molar-refractivity contribution in [2.24, 2.45) is 0 Å². The first-order valence-electron chi connectivity index (χ1n) is 3.82. The van der Waals surface area contributed by atoms with Gasteiger partial charge in [0.2, 0.25) is 0 Å².